The fourth-order valence-corrected chi connectivity index (χ4v) is 2.87. The number of carbonyl (C=O) groups excluding carboxylic acids is 2. The summed E-state index contributed by atoms with van der Waals surface area (Å²) >= 11 is 0. The minimum absolute atomic E-state index is 0.0599. The van der Waals surface area contributed by atoms with Crippen molar-refractivity contribution in [3.05, 3.63) is 48.8 Å². The number of piperidine rings is 1. The number of amides is 2. The summed E-state index contributed by atoms with van der Waals surface area (Å²) in [5, 5.41) is 2.91. The van der Waals surface area contributed by atoms with E-state index in [9.17, 15) is 9.59 Å². The van der Waals surface area contributed by atoms with Crippen LogP contribution < -0.4 is 10.1 Å². The van der Waals surface area contributed by atoms with E-state index in [0.717, 1.165) is 0 Å². The van der Waals surface area contributed by atoms with E-state index >= 15 is 0 Å². The Morgan fingerprint density at radius 2 is 1.88 bits per heavy atom. The van der Waals surface area contributed by atoms with Gasteiger partial charge in [0.1, 0.15) is 11.4 Å². The third-order valence-corrected chi connectivity index (χ3v) is 4.32. The lowest BCUT2D eigenvalue weighted by Gasteiger charge is -2.30. The minimum atomic E-state index is -0.111. The van der Waals surface area contributed by atoms with Crippen LogP contribution in [0, 0.1) is 5.92 Å². The number of nitrogens with zero attached hydrogens (tertiary/aromatic N) is 2. The van der Waals surface area contributed by atoms with Gasteiger partial charge in [0.25, 0.3) is 0 Å². The molecule has 1 aliphatic rings. The van der Waals surface area contributed by atoms with E-state index in [2.05, 4.69) is 10.3 Å². The van der Waals surface area contributed by atoms with E-state index in [1.54, 1.807) is 30.3 Å². The van der Waals surface area contributed by atoms with Crippen LogP contribution >= 0.6 is 0 Å². The van der Waals surface area contributed by atoms with Gasteiger partial charge >= 0.3 is 0 Å². The first kappa shape index (κ1) is 17.0. The second-order valence-electron chi connectivity index (χ2n) is 6.06. The molecule has 0 spiro atoms. The van der Waals surface area contributed by atoms with Crippen molar-refractivity contribution in [3.63, 3.8) is 0 Å². The Morgan fingerprint density at radius 1 is 1.16 bits per heavy atom. The zero-order chi connectivity index (χ0) is 17.6. The van der Waals surface area contributed by atoms with Crippen LogP contribution in [-0.2, 0) is 9.59 Å². The molecule has 0 bridgehead atoms. The highest BCUT2D eigenvalue weighted by Crippen LogP contribution is 2.29. The van der Waals surface area contributed by atoms with Gasteiger partial charge in [0.2, 0.25) is 11.8 Å². The molecule has 3 rings (SSSR count). The number of benzene rings is 1. The Balaban J connectivity index is 1.65. The summed E-state index contributed by atoms with van der Waals surface area (Å²) in [5.41, 5.74) is 0.547. The second kappa shape index (κ2) is 7.79. The van der Waals surface area contributed by atoms with Crippen molar-refractivity contribution in [2.24, 2.45) is 5.92 Å². The highest BCUT2D eigenvalue weighted by molar-refractivity contribution is 5.94. The molecule has 25 heavy (non-hydrogen) atoms. The van der Waals surface area contributed by atoms with Gasteiger partial charge in [-0.05, 0) is 25.0 Å². The van der Waals surface area contributed by atoms with Gasteiger partial charge in [-0.3, -0.25) is 14.6 Å². The van der Waals surface area contributed by atoms with Gasteiger partial charge in [0, 0.05) is 38.2 Å². The lowest BCUT2D eigenvalue weighted by Crippen LogP contribution is -2.40. The van der Waals surface area contributed by atoms with Gasteiger partial charge in [0.15, 0.2) is 5.75 Å². The number of ether oxygens (including phenoxy) is 1. The first-order chi connectivity index (χ1) is 12.1. The molecule has 130 valence electrons. The maximum atomic E-state index is 12.6. The van der Waals surface area contributed by atoms with Crippen molar-refractivity contribution in [3.8, 4) is 11.5 Å². The van der Waals surface area contributed by atoms with Crippen LogP contribution in [0.2, 0.25) is 0 Å². The summed E-state index contributed by atoms with van der Waals surface area (Å²) in [6, 6.07) is 11.1. The summed E-state index contributed by atoms with van der Waals surface area (Å²) in [6.07, 6.45) is 4.54. The molecule has 1 aromatic heterocycles. The molecule has 2 aromatic rings. The number of hydrogen-bond donors (Lipinski definition) is 1. The summed E-state index contributed by atoms with van der Waals surface area (Å²) in [6.45, 7) is 2.80. The standard InChI is InChI=1S/C19H21N3O3/c1-14(23)22-11-8-15(9-12-22)19(24)21-17-13-20-10-7-18(17)25-16-5-3-2-4-6-16/h2-7,10,13,15H,8-9,11-12H2,1H3,(H,21,24). The van der Waals surface area contributed by atoms with Crippen LogP contribution in [0.4, 0.5) is 5.69 Å². The summed E-state index contributed by atoms with van der Waals surface area (Å²) in [4.78, 5) is 29.8. The number of pyridine rings is 1. The second-order valence-corrected chi connectivity index (χ2v) is 6.06. The molecular weight excluding hydrogens is 318 g/mol. The molecule has 1 N–H and O–H groups in total. The number of aromatic nitrogens is 1. The van der Waals surface area contributed by atoms with Gasteiger partial charge < -0.3 is 15.0 Å². The SMILES string of the molecule is CC(=O)N1CCC(C(=O)Nc2cnccc2Oc2ccccc2)CC1. The molecule has 0 saturated carbocycles. The highest BCUT2D eigenvalue weighted by Gasteiger charge is 2.26. The van der Waals surface area contributed by atoms with Gasteiger partial charge in [-0.15, -0.1) is 0 Å². The number of likely N-dealkylation sites (tertiary alicyclic amines) is 1. The molecule has 6 heteroatoms. The smallest absolute Gasteiger partial charge is 0.227 e. The Kier molecular flexibility index (Phi) is 5.28. The lowest BCUT2D eigenvalue weighted by molar-refractivity contribution is -0.132. The Hall–Kier alpha value is -2.89. The van der Waals surface area contributed by atoms with Crippen molar-refractivity contribution in [1.29, 1.82) is 0 Å². The number of hydrogen-bond acceptors (Lipinski definition) is 4. The van der Waals surface area contributed by atoms with Crippen LogP contribution in [-0.4, -0.2) is 34.8 Å². The topological polar surface area (TPSA) is 71.5 Å². The summed E-state index contributed by atoms with van der Waals surface area (Å²) in [7, 11) is 0. The monoisotopic (exact) mass is 339 g/mol. The average molecular weight is 339 g/mol. The zero-order valence-electron chi connectivity index (χ0n) is 14.1. The van der Waals surface area contributed by atoms with Crippen molar-refractivity contribution in [2.45, 2.75) is 19.8 Å². The third kappa shape index (κ3) is 4.35. The average Bonchev–Trinajstić information content (AvgIpc) is 2.64. The molecule has 2 amide bonds. The first-order valence-corrected chi connectivity index (χ1v) is 8.37. The number of carbonyl (C=O) groups is 2. The van der Waals surface area contributed by atoms with Crippen molar-refractivity contribution >= 4 is 17.5 Å². The van der Waals surface area contributed by atoms with Crippen LogP contribution in [0.25, 0.3) is 0 Å². The molecule has 1 aliphatic heterocycles. The van der Waals surface area contributed by atoms with E-state index in [1.165, 1.54) is 0 Å². The summed E-state index contributed by atoms with van der Waals surface area (Å²) in [5.74, 6) is 1.13. The predicted octanol–water partition coefficient (Wildman–Crippen LogP) is 3.07. The zero-order valence-corrected chi connectivity index (χ0v) is 14.1. The Morgan fingerprint density at radius 3 is 2.56 bits per heavy atom. The normalized spacial score (nSPS) is 14.8. The van der Waals surface area contributed by atoms with E-state index in [0.29, 0.717) is 43.1 Å². The molecule has 1 saturated heterocycles. The Bertz CT molecular complexity index is 741. The molecule has 2 heterocycles. The number of para-hydroxylation sites is 1. The lowest BCUT2D eigenvalue weighted by atomic mass is 9.96. The van der Waals surface area contributed by atoms with E-state index in [4.69, 9.17) is 4.74 Å². The van der Waals surface area contributed by atoms with Crippen molar-refractivity contribution in [2.75, 3.05) is 18.4 Å². The number of rotatable bonds is 4. The highest BCUT2D eigenvalue weighted by atomic mass is 16.5. The molecule has 0 unspecified atom stereocenters. The van der Waals surface area contributed by atoms with Gasteiger partial charge in [-0.2, -0.15) is 0 Å². The number of nitrogens with one attached hydrogen (secondary N) is 1. The number of anilines is 1. The van der Waals surface area contributed by atoms with E-state index in [1.807, 2.05) is 30.3 Å². The van der Waals surface area contributed by atoms with Gasteiger partial charge in [0.05, 0.1) is 6.20 Å². The fourth-order valence-electron chi connectivity index (χ4n) is 2.87. The van der Waals surface area contributed by atoms with Crippen molar-refractivity contribution in [1.82, 2.24) is 9.88 Å². The molecule has 0 radical (unpaired) electrons. The predicted molar refractivity (Wildman–Crippen MR) is 94.4 cm³/mol. The fraction of sp³-hybridized carbons (Fsp3) is 0.316. The van der Waals surface area contributed by atoms with E-state index in [-0.39, 0.29) is 17.7 Å². The van der Waals surface area contributed by atoms with Crippen LogP contribution in [0.5, 0.6) is 11.5 Å². The van der Waals surface area contributed by atoms with Gasteiger partial charge in [-0.25, -0.2) is 0 Å². The molecule has 1 aromatic carbocycles. The van der Waals surface area contributed by atoms with Crippen molar-refractivity contribution < 1.29 is 14.3 Å². The first-order valence-electron chi connectivity index (χ1n) is 8.37. The summed E-state index contributed by atoms with van der Waals surface area (Å²) < 4.78 is 5.84. The largest absolute Gasteiger partial charge is 0.455 e. The maximum absolute atomic E-state index is 12.6. The van der Waals surface area contributed by atoms with Gasteiger partial charge in [-0.1, -0.05) is 18.2 Å². The maximum Gasteiger partial charge on any atom is 0.227 e. The molecular formula is C19H21N3O3. The minimum Gasteiger partial charge on any atom is -0.455 e. The molecule has 6 nitrogen and oxygen atoms in total. The van der Waals surface area contributed by atoms with Crippen LogP contribution in [0.3, 0.4) is 0 Å². The quantitative estimate of drug-likeness (QED) is 0.929. The Labute approximate surface area is 146 Å². The molecule has 1 fully saturated rings. The molecule has 0 aliphatic carbocycles. The third-order valence-electron chi connectivity index (χ3n) is 4.32. The molecule has 0 atom stereocenters. The van der Waals surface area contributed by atoms with Crippen LogP contribution in [0.1, 0.15) is 19.8 Å². The van der Waals surface area contributed by atoms with E-state index < -0.39 is 0 Å². The van der Waals surface area contributed by atoms with Crippen LogP contribution in [0.15, 0.2) is 48.8 Å².